The number of piperazine rings is 1. The van der Waals surface area contributed by atoms with Crippen LogP contribution in [-0.2, 0) is 4.74 Å². The average molecular weight is 527 g/mol. The van der Waals surface area contributed by atoms with E-state index < -0.39 is 5.82 Å². The Morgan fingerprint density at radius 3 is 2.54 bits per heavy atom. The molecule has 4 fully saturated rings. The molecule has 2 N–H and O–H groups in total. The van der Waals surface area contributed by atoms with Gasteiger partial charge in [-0.2, -0.15) is 4.98 Å². The summed E-state index contributed by atoms with van der Waals surface area (Å²) in [4.78, 5) is 19.0. The Balaban J connectivity index is 1.27. The molecule has 4 aromatic rings. The zero-order valence-electron chi connectivity index (χ0n) is 21.7. The lowest BCUT2D eigenvalue weighted by Gasteiger charge is -2.52. The minimum Gasteiger partial charge on any atom is -0.508 e. The van der Waals surface area contributed by atoms with Crippen LogP contribution < -0.4 is 15.1 Å². The number of nitrogens with one attached hydrogen (secondary N) is 1. The standard InChI is InChI=1S/C30H31FN6O2/c31-25-26(23-12-21(38)11-18-3-1-2-4-22(18)23)32-13-24-27(25)34-29(37-16-30(17-37)7-9-39-10-8-30)35-28(24)36-14-19-5-6-20(15-36)33-19/h1-4,11-13,19-20,33,38H,5-10,14-17H2/t19-,20+. The van der Waals surface area contributed by atoms with E-state index in [1.54, 1.807) is 18.3 Å². The Kier molecular flexibility index (Phi) is 5.22. The third-order valence-corrected chi connectivity index (χ3v) is 9.16. The average Bonchev–Trinajstić information content (AvgIpc) is 3.28. The molecular weight excluding hydrogens is 495 g/mol. The van der Waals surface area contributed by atoms with E-state index in [0.717, 1.165) is 81.7 Å². The van der Waals surface area contributed by atoms with Gasteiger partial charge in [0.15, 0.2) is 5.82 Å². The molecule has 0 radical (unpaired) electrons. The van der Waals surface area contributed by atoms with Crippen molar-refractivity contribution in [2.75, 3.05) is 49.2 Å². The summed E-state index contributed by atoms with van der Waals surface area (Å²) < 4.78 is 22.1. The van der Waals surface area contributed by atoms with Crippen LogP contribution in [0.15, 0.2) is 42.6 Å². The van der Waals surface area contributed by atoms with Crippen LogP contribution in [0, 0.1) is 11.2 Å². The van der Waals surface area contributed by atoms with Gasteiger partial charge in [0.1, 0.15) is 22.8 Å². The van der Waals surface area contributed by atoms with E-state index in [9.17, 15) is 5.11 Å². The molecule has 0 saturated carbocycles. The Labute approximate surface area is 225 Å². The van der Waals surface area contributed by atoms with Gasteiger partial charge in [-0.15, -0.1) is 0 Å². The molecule has 8 nitrogen and oxygen atoms in total. The van der Waals surface area contributed by atoms with Crippen LogP contribution in [0.5, 0.6) is 5.75 Å². The molecule has 0 aliphatic carbocycles. The van der Waals surface area contributed by atoms with Crippen molar-refractivity contribution < 1.29 is 14.2 Å². The van der Waals surface area contributed by atoms with Crippen molar-refractivity contribution in [3.8, 4) is 17.0 Å². The maximum absolute atomic E-state index is 16.5. The molecule has 4 aliphatic heterocycles. The lowest BCUT2D eigenvalue weighted by Crippen LogP contribution is -2.59. The minimum absolute atomic E-state index is 0.0766. The first-order chi connectivity index (χ1) is 19.1. The summed E-state index contributed by atoms with van der Waals surface area (Å²) in [5.74, 6) is 0.942. The molecule has 9 heteroatoms. The molecular formula is C30H31FN6O2. The van der Waals surface area contributed by atoms with Crippen molar-refractivity contribution >= 4 is 33.4 Å². The molecule has 2 aromatic carbocycles. The summed E-state index contributed by atoms with van der Waals surface area (Å²) in [5.41, 5.74) is 1.27. The first-order valence-corrected chi connectivity index (χ1v) is 14.0. The maximum Gasteiger partial charge on any atom is 0.228 e. The van der Waals surface area contributed by atoms with E-state index in [1.807, 2.05) is 24.3 Å². The number of fused-ring (bicyclic) bond motifs is 4. The van der Waals surface area contributed by atoms with Crippen molar-refractivity contribution in [1.82, 2.24) is 20.3 Å². The van der Waals surface area contributed by atoms with Gasteiger partial charge in [-0.3, -0.25) is 4.98 Å². The molecule has 2 bridgehead atoms. The van der Waals surface area contributed by atoms with Crippen molar-refractivity contribution in [3.63, 3.8) is 0 Å². The Bertz CT molecular complexity index is 1590. The summed E-state index contributed by atoms with van der Waals surface area (Å²) in [6.45, 7) is 5.00. The fourth-order valence-electron chi connectivity index (χ4n) is 7.09. The van der Waals surface area contributed by atoms with E-state index in [0.29, 0.717) is 29.0 Å². The third kappa shape index (κ3) is 3.82. The number of phenols is 1. The Morgan fingerprint density at radius 2 is 1.74 bits per heavy atom. The number of ether oxygens (including phenoxy) is 1. The van der Waals surface area contributed by atoms with E-state index in [-0.39, 0.29) is 22.4 Å². The van der Waals surface area contributed by atoms with Crippen LogP contribution in [0.4, 0.5) is 16.2 Å². The van der Waals surface area contributed by atoms with Crippen molar-refractivity contribution in [3.05, 3.63) is 48.4 Å². The van der Waals surface area contributed by atoms with E-state index in [1.165, 1.54) is 0 Å². The molecule has 2 atom stereocenters. The van der Waals surface area contributed by atoms with Crippen LogP contribution in [-0.4, -0.2) is 71.5 Å². The SMILES string of the molecule is Oc1cc(-c2ncc3c(N4C[C@H]5CC[C@@H](C4)N5)nc(N4CC5(CCOCC5)C4)nc3c2F)c2ccccc2c1. The summed E-state index contributed by atoms with van der Waals surface area (Å²) in [6.07, 6.45) is 6.09. The van der Waals surface area contributed by atoms with Gasteiger partial charge < -0.3 is 25.0 Å². The van der Waals surface area contributed by atoms with Crippen molar-refractivity contribution in [2.24, 2.45) is 5.41 Å². The second-order valence-electron chi connectivity index (χ2n) is 11.8. The fourth-order valence-corrected chi connectivity index (χ4v) is 7.09. The quantitative estimate of drug-likeness (QED) is 0.410. The van der Waals surface area contributed by atoms with Gasteiger partial charge in [-0.25, -0.2) is 9.37 Å². The van der Waals surface area contributed by atoms with E-state index >= 15 is 4.39 Å². The largest absolute Gasteiger partial charge is 0.508 e. The van der Waals surface area contributed by atoms with Gasteiger partial charge in [-0.05, 0) is 48.6 Å². The highest BCUT2D eigenvalue weighted by atomic mass is 19.1. The summed E-state index contributed by atoms with van der Waals surface area (Å²) >= 11 is 0. The highest BCUT2D eigenvalue weighted by molar-refractivity contribution is 6.00. The van der Waals surface area contributed by atoms with E-state index in [2.05, 4.69) is 20.1 Å². The second-order valence-corrected chi connectivity index (χ2v) is 11.8. The molecule has 0 unspecified atom stereocenters. The molecule has 39 heavy (non-hydrogen) atoms. The molecule has 8 rings (SSSR count). The molecule has 4 saturated heterocycles. The number of aromatic nitrogens is 3. The van der Waals surface area contributed by atoms with Crippen LogP contribution in [0.2, 0.25) is 0 Å². The smallest absolute Gasteiger partial charge is 0.228 e. The van der Waals surface area contributed by atoms with E-state index in [4.69, 9.17) is 14.7 Å². The number of aromatic hydroxyl groups is 1. The molecule has 6 heterocycles. The number of pyridine rings is 1. The first-order valence-electron chi connectivity index (χ1n) is 14.0. The van der Waals surface area contributed by atoms with Crippen LogP contribution in [0.25, 0.3) is 32.9 Å². The van der Waals surface area contributed by atoms with Gasteiger partial charge in [0, 0.05) is 68.7 Å². The topological polar surface area (TPSA) is 86.6 Å². The number of halogens is 1. The molecule has 200 valence electrons. The van der Waals surface area contributed by atoms with Crippen LogP contribution in [0.1, 0.15) is 25.7 Å². The summed E-state index contributed by atoms with van der Waals surface area (Å²) in [7, 11) is 0. The lowest BCUT2D eigenvalue weighted by molar-refractivity contribution is -0.000713. The van der Waals surface area contributed by atoms with Crippen LogP contribution >= 0.6 is 0 Å². The summed E-state index contributed by atoms with van der Waals surface area (Å²) in [5, 5.41) is 16.4. The number of hydrogen-bond donors (Lipinski definition) is 2. The van der Waals surface area contributed by atoms with Gasteiger partial charge in [0.05, 0.1) is 5.39 Å². The highest BCUT2D eigenvalue weighted by Gasteiger charge is 2.45. The fraction of sp³-hybridized carbons (Fsp3) is 0.433. The maximum atomic E-state index is 16.5. The zero-order valence-corrected chi connectivity index (χ0v) is 21.7. The van der Waals surface area contributed by atoms with Crippen LogP contribution in [0.3, 0.4) is 0 Å². The van der Waals surface area contributed by atoms with Gasteiger partial charge in [0.25, 0.3) is 0 Å². The van der Waals surface area contributed by atoms with Gasteiger partial charge >= 0.3 is 0 Å². The zero-order chi connectivity index (χ0) is 26.1. The minimum atomic E-state index is -0.479. The first kappa shape index (κ1) is 23.3. The predicted molar refractivity (Wildman–Crippen MR) is 149 cm³/mol. The van der Waals surface area contributed by atoms with Gasteiger partial charge in [-0.1, -0.05) is 24.3 Å². The normalized spacial score (nSPS) is 24.0. The molecule has 2 aromatic heterocycles. The van der Waals surface area contributed by atoms with Gasteiger partial charge in [0.2, 0.25) is 5.95 Å². The summed E-state index contributed by atoms with van der Waals surface area (Å²) in [6, 6.07) is 11.8. The second kappa shape index (κ2) is 8.72. The number of hydrogen-bond acceptors (Lipinski definition) is 8. The Morgan fingerprint density at radius 1 is 0.974 bits per heavy atom. The van der Waals surface area contributed by atoms with Crippen molar-refractivity contribution in [2.45, 2.75) is 37.8 Å². The van der Waals surface area contributed by atoms with Crippen molar-refractivity contribution in [1.29, 1.82) is 0 Å². The molecule has 0 amide bonds. The number of anilines is 2. The number of rotatable bonds is 3. The monoisotopic (exact) mass is 526 g/mol. The number of phenolic OH excluding ortho intramolecular Hbond substituents is 1. The third-order valence-electron chi connectivity index (χ3n) is 9.16. The Hall–Kier alpha value is -3.56. The molecule has 4 aliphatic rings. The molecule has 1 spiro atoms. The predicted octanol–water partition coefficient (Wildman–Crippen LogP) is 4.25. The highest BCUT2D eigenvalue weighted by Crippen LogP contribution is 2.43. The number of benzene rings is 2. The number of nitrogens with zero attached hydrogens (tertiary/aromatic N) is 5. The lowest BCUT2D eigenvalue weighted by atomic mass is 9.73.